The number of halogens is 2. The number of rotatable bonds is 4. The molecular weight excluding hydrogens is 300 g/mol. The first-order valence-corrected chi connectivity index (χ1v) is 7.52. The summed E-state index contributed by atoms with van der Waals surface area (Å²) >= 11 is 0. The van der Waals surface area contributed by atoms with Crippen LogP contribution in [0.3, 0.4) is 0 Å². The summed E-state index contributed by atoms with van der Waals surface area (Å²) in [6.45, 7) is 1.75. The number of sulfonamides is 1. The van der Waals surface area contributed by atoms with Gasteiger partial charge in [0.2, 0.25) is 10.0 Å². The Hall–Kier alpha value is -1.99. The summed E-state index contributed by atoms with van der Waals surface area (Å²) in [6.07, 6.45) is 0. The number of aryl methyl sites for hydroxylation is 1. The molecule has 0 aliphatic carbocycles. The zero-order valence-corrected chi connectivity index (χ0v) is 12.0. The van der Waals surface area contributed by atoms with Crippen LogP contribution >= 0.6 is 0 Å². The Morgan fingerprint density at radius 2 is 1.86 bits per heavy atom. The van der Waals surface area contributed by atoms with Crippen molar-refractivity contribution in [2.75, 3.05) is 0 Å². The van der Waals surface area contributed by atoms with Gasteiger partial charge in [-0.2, -0.15) is 0 Å². The Kier molecular flexibility index (Phi) is 4.24. The van der Waals surface area contributed by atoms with Gasteiger partial charge < -0.3 is 4.74 Å². The summed E-state index contributed by atoms with van der Waals surface area (Å²) in [7, 11) is -3.96. The van der Waals surface area contributed by atoms with Crippen LogP contribution in [-0.4, -0.2) is 8.42 Å². The average Bonchev–Trinajstić information content (AvgIpc) is 2.38. The number of primary sulfonamides is 1. The average molecular weight is 313 g/mol. The molecule has 2 rings (SSSR count). The summed E-state index contributed by atoms with van der Waals surface area (Å²) in [6, 6.07) is 7.31. The predicted octanol–water partition coefficient (Wildman–Crippen LogP) is 2.50. The molecular formula is C14H13F2NO3S. The molecule has 0 saturated heterocycles. The van der Waals surface area contributed by atoms with Crippen molar-refractivity contribution in [2.45, 2.75) is 18.4 Å². The number of ether oxygens (including phenoxy) is 1. The second-order valence-electron chi connectivity index (χ2n) is 4.50. The van der Waals surface area contributed by atoms with Crippen LogP contribution < -0.4 is 9.88 Å². The first-order valence-electron chi connectivity index (χ1n) is 5.97. The molecule has 4 nitrogen and oxygen atoms in total. The lowest BCUT2D eigenvalue weighted by Gasteiger charge is -2.10. The second-order valence-corrected chi connectivity index (χ2v) is 6.06. The van der Waals surface area contributed by atoms with Gasteiger partial charge in [-0.15, -0.1) is 0 Å². The molecule has 2 N–H and O–H groups in total. The van der Waals surface area contributed by atoms with E-state index in [0.29, 0.717) is 11.1 Å². The maximum Gasteiger partial charge on any atom is 0.238 e. The zero-order valence-electron chi connectivity index (χ0n) is 11.1. The molecule has 0 spiro atoms. The fraction of sp³-hybridized carbons (Fsp3) is 0.143. The maximum atomic E-state index is 13.7. The molecule has 0 aromatic heterocycles. The van der Waals surface area contributed by atoms with Crippen LogP contribution in [0.15, 0.2) is 41.3 Å². The van der Waals surface area contributed by atoms with Gasteiger partial charge in [0, 0.05) is 0 Å². The number of nitrogens with two attached hydrogens (primary N) is 1. The Balaban J connectivity index is 2.17. The molecule has 0 aliphatic heterocycles. The van der Waals surface area contributed by atoms with E-state index in [1.165, 1.54) is 18.2 Å². The number of hydrogen-bond donors (Lipinski definition) is 1. The first-order chi connectivity index (χ1) is 9.77. The summed E-state index contributed by atoms with van der Waals surface area (Å²) in [4.78, 5) is -0.328. The molecule has 0 amide bonds. The van der Waals surface area contributed by atoms with Crippen molar-refractivity contribution in [3.8, 4) is 5.75 Å². The normalized spacial score (nSPS) is 11.4. The topological polar surface area (TPSA) is 69.4 Å². The van der Waals surface area contributed by atoms with Gasteiger partial charge in [0.15, 0.2) is 11.6 Å². The Morgan fingerprint density at radius 1 is 1.14 bits per heavy atom. The lowest BCUT2D eigenvalue weighted by Crippen LogP contribution is -2.12. The molecule has 112 valence electrons. The second kappa shape index (κ2) is 5.79. The molecule has 0 atom stereocenters. The molecule has 0 heterocycles. The third kappa shape index (κ3) is 3.77. The van der Waals surface area contributed by atoms with Gasteiger partial charge >= 0.3 is 0 Å². The van der Waals surface area contributed by atoms with E-state index in [9.17, 15) is 17.2 Å². The van der Waals surface area contributed by atoms with E-state index in [1.807, 2.05) is 0 Å². The fourth-order valence-electron chi connectivity index (χ4n) is 1.75. The van der Waals surface area contributed by atoms with Crippen molar-refractivity contribution in [3.63, 3.8) is 0 Å². The lowest BCUT2D eigenvalue weighted by atomic mass is 10.1. The Labute approximate surface area is 121 Å². The highest BCUT2D eigenvalue weighted by atomic mass is 32.2. The Bertz CT molecular complexity index is 776. The summed E-state index contributed by atoms with van der Waals surface area (Å²) in [5, 5.41) is 4.90. The van der Waals surface area contributed by atoms with Crippen LogP contribution in [0.2, 0.25) is 0 Å². The van der Waals surface area contributed by atoms with Crippen molar-refractivity contribution in [2.24, 2.45) is 5.14 Å². The van der Waals surface area contributed by atoms with E-state index in [4.69, 9.17) is 9.88 Å². The highest BCUT2D eigenvalue weighted by molar-refractivity contribution is 7.89. The van der Waals surface area contributed by atoms with Gasteiger partial charge in [0.05, 0.1) is 4.90 Å². The molecule has 0 aliphatic rings. The van der Waals surface area contributed by atoms with Crippen LogP contribution in [0.4, 0.5) is 8.78 Å². The van der Waals surface area contributed by atoms with E-state index in [1.54, 1.807) is 13.0 Å². The van der Waals surface area contributed by atoms with Gasteiger partial charge in [-0.1, -0.05) is 6.07 Å². The van der Waals surface area contributed by atoms with E-state index < -0.39 is 15.8 Å². The molecule has 2 aromatic rings. The van der Waals surface area contributed by atoms with Crippen molar-refractivity contribution in [1.82, 2.24) is 0 Å². The predicted molar refractivity (Wildman–Crippen MR) is 73.2 cm³/mol. The molecule has 0 bridgehead atoms. The van der Waals surface area contributed by atoms with E-state index in [0.717, 1.165) is 12.1 Å². The van der Waals surface area contributed by atoms with Crippen molar-refractivity contribution < 1.29 is 21.9 Å². The molecule has 21 heavy (non-hydrogen) atoms. The third-order valence-electron chi connectivity index (χ3n) is 2.92. The maximum absolute atomic E-state index is 13.7. The number of hydrogen-bond acceptors (Lipinski definition) is 3. The van der Waals surface area contributed by atoms with E-state index in [-0.39, 0.29) is 23.1 Å². The third-order valence-corrected chi connectivity index (χ3v) is 3.83. The van der Waals surface area contributed by atoms with Crippen LogP contribution in [0, 0.1) is 18.6 Å². The van der Waals surface area contributed by atoms with Crippen molar-refractivity contribution in [1.29, 1.82) is 0 Å². The van der Waals surface area contributed by atoms with Gasteiger partial charge in [0.25, 0.3) is 0 Å². The monoisotopic (exact) mass is 313 g/mol. The molecule has 7 heteroatoms. The summed E-state index contributed by atoms with van der Waals surface area (Å²) in [5.41, 5.74) is 1.38. The highest BCUT2D eigenvalue weighted by Crippen LogP contribution is 2.22. The standard InChI is InChI=1S/C14H13F2NO3S/c1-9-6-11(15)3-2-10(9)8-20-14-5-4-12(7-13(14)16)21(17,18)19/h2-7H,8H2,1H3,(H2,17,18,19). The van der Waals surface area contributed by atoms with Gasteiger partial charge in [-0.25, -0.2) is 22.3 Å². The van der Waals surface area contributed by atoms with E-state index in [2.05, 4.69) is 0 Å². The number of benzene rings is 2. The minimum absolute atomic E-state index is 0.0394. The zero-order chi connectivity index (χ0) is 15.6. The fourth-order valence-corrected chi connectivity index (χ4v) is 2.28. The smallest absolute Gasteiger partial charge is 0.238 e. The first kappa shape index (κ1) is 15.4. The van der Waals surface area contributed by atoms with Crippen LogP contribution in [0.5, 0.6) is 5.75 Å². The van der Waals surface area contributed by atoms with Crippen molar-refractivity contribution in [3.05, 3.63) is 59.2 Å². The van der Waals surface area contributed by atoms with Crippen LogP contribution in [-0.2, 0) is 16.6 Å². The SMILES string of the molecule is Cc1cc(F)ccc1COc1ccc(S(N)(=O)=O)cc1F. The van der Waals surface area contributed by atoms with Gasteiger partial charge in [-0.05, 0) is 48.4 Å². The quantitative estimate of drug-likeness (QED) is 0.943. The minimum atomic E-state index is -3.96. The minimum Gasteiger partial charge on any atom is -0.486 e. The highest BCUT2D eigenvalue weighted by Gasteiger charge is 2.12. The van der Waals surface area contributed by atoms with Crippen molar-refractivity contribution >= 4 is 10.0 Å². The largest absolute Gasteiger partial charge is 0.486 e. The molecule has 0 unspecified atom stereocenters. The Morgan fingerprint density at radius 3 is 2.43 bits per heavy atom. The van der Waals surface area contributed by atoms with Gasteiger partial charge in [-0.3, -0.25) is 0 Å². The molecule has 0 radical (unpaired) electrons. The molecule has 0 fully saturated rings. The lowest BCUT2D eigenvalue weighted by molar-refractivity contribution is 0.289. The van der Waals surface area contributed by atoms with Crippen LogP contribution in [0.25, 0.3) is 0 Å². The summed E-state index contributed by atoms with van der Waals surface area (Å²) < 4.78 is 54.2. The van der Waals surface area contributed by atoms with Crippen LogP contribution in [0.1, 0.15) is 11.1 Å². The molecule has 0 saturated carbocycles. The van der Waals surface area contributed by atoms with E-state index >= 15 is 0 Å². The van der Waals surface area contributed by atoms with Gasteiger partial charge in [0.1, 0.15) is 12.4 Å². The summed E-state index contributed by atoms with van der Waals surface area (Å²) in [5.74, 6) is -1.30. The molecule has 2 aromatic carbocycles.